The molecule has 3 aromatic carbocycles. The first-order valence-electron chi connectivity index (χ1n) is 9.55. The number of rotatable bonds is 4. The van der Waals surface area contributed by atoms with E-state index in [-0.39, 0.29) is 6.17 Å². The van der Waals surface area contributed by atoms with Gasteiger partial charge in [0.1, 0.15) is 12.4 Å². The monoisotopic (exact) mass is 387 g/mol. The Labute approximate surface area is 170 Å². The highest BCUT2D eigenvalue weighted by atomic mass is 16.5. The average Bonchev–Trinajstić information content (AvgIpc) is 2.72. The molecular formula is C23H25N5O. The number of benzene rings is 3. The maximum atomic E-state index is 5.97. The smallest absolute Gasteiger partial charge is 0.202 e. The molecule has 0 fully saturated rings. The van der Waals surface area contributed by atoms with Gasteiger partial charge >= 0.3 is 0 Å². The molecule has 3 N–H and O–H groups in total. The summed E-state index contributed by atoms with van der Waals surface area (Å²) in [5.41, 5.74) is 9.32. The van der Waals surface area contributed by atoms with Gasteiger partial charge in [-0.1, -0.05) is 48.0 Å². The second-order valence-electron chi connectivity index (χ2n) is 7.40. The van der Waals surface area contributed by atoms with Crippen molar-refractivity contribution in [3.8, 4) is 5.75 Å². The Hall–Kier alpha value is -3.54. The van der Waals surface area contributed by atoms with E-state index in [9.17, 15) is 0 Å². The Morgan fingerprint density at radius 2 is 1.69 bits per heavy atom. The Kier molecular flexibility index (Phi) is 5.08. The van der Waals surface area contributed by atoms with Gasteiger partial charge in [0.15, 0.2) is 12.1 Å². The van der Waals surface area contributed by atoms with Crippen molar-refractivity contribution in [2.24, 2.45) is 15.7 Å². The van der Waals surface area contributed by atoms with Crippen LogP contribution in [0.2, 0.25) is 0 Å². The summed E-state index contributed by atoms with van der Waals surface area (Å²) in [6, 6.07) is 20.7. The fourth-order valence-corrected chi connectivity index (χ4v) is 3.18. The highest BCUT2D eigenvalue weighted by Gasteiger charge is 2.18. The zero-order valence-electron chi connectivity index (χ0n) is 16.9. The first kappa shape index (κ1) is 18.8. The number of hydrogen-bond acceptors (Lipinski definition) is 6. The van der Waals surface area contributed by atoms with Gasteiger partial charge < -0.3 is 15.4 Å². The molecule has 0 amide bonds. The molecule has 0 spiro atoms. The number of ether oxygens (including phenoxy) is 1. The number of nitrogens with two attached hydrogens (primary N) is 1. The van der Waals surface area contributed by atoms with E-state index in [4.69, 9.17) is 10.5 Å². The molecule has 29 heavy (non-hydrogen) atoms. The summed E-state index contributed by atoms with van der Waals surface area (Å²) in [6.45, 7) is 2.63. The molecule has 1 aliphatic rings. The van der Waals surface area contributed by atoms with Crippen molar-refractivity contribution in [2.45, 2.75) is 19.7 Å². The van der Waals surface area contributed by atoms with E-state index in [2.05, 4.69) is 70.8 Å². The highest BCUT2D eigenvalue weighted by Crippen LogP contribution is 2.28. The third kappa shape index (κ3) is 4.32. The van der Waals surface area contributed by atoms with Gasteiger partial charge in [-0.25, -0.2) is 9.98 Å². The molecule has 4 rings (SSSR count). The fraction of sp³-hybridized carbons (Fsp3) is 0.217. The van der Waals surface area contributed by atoms with Crippen molar-refractivity contribution in [1.82, 2.24) is 10.2 Å². The van der Waals surface area contributed by atoms with E-state index in [0.29, 0.717) is 18.5 Å². The van der Waals surface area contributed by atoms with E-state index >= 15 is 0 Å². The van der Waals surface area contributed by atoms with Gasteiger partial charge in [-0.15, -0.1) is 0 Å². The van der Waals surface area contributed by atoms with Crippen LogP contribution >= 0.6 is 0 Å². The van der Waals surface area contributed by atoms with Gasteiger partial charge in [-0.2, -0.15) is 0 Å². The van der Waals surface area contributed by atoms with Gasteiger partial charge in [0, 0.05) is 14.1 Å². The normalized spacial score (nSPS) is 16.0. The summed E-state index contributed by atoms with van der Waals surface area (Å²) in [4.78, 5) is 10.9. The summed E-state index contributed by atoms with van der Waals surface area (Å²) in [7, 11) is 3.83. The zero-order chi connectivity index (χ0) is 20.4. The van der Waals surface area contributed by atoms with Crippen LogP contribution in [-0.2, 0) is 6.61 Å². The molecule has 0 saturated carbocycles. The van der Waals surface area contributed by atoms with Gasteiger partial charge in [-0.05, 0) is 47.0 Å². The van der Waals surface area contributed by atoms with Crippen molar-refractivity contribution >= 4 is 22.7 Å². The third-order valence-corrected chi connectivity index (χ3v) is 4.83. The lowest BCUT2D eigenvalue weighted by Gasteiger charge is -2.23. The second kappa shape index (κ2) is 7.83. The van der Waals surface area contributed by atoms with E-state index in [1.165, 1.54) is 5.56 Å². The molecule has 6 nitrogen and oxygen atoms in total. The molecule has 0 radical (unpaired) electrons. The molecular weight excluding hydrogens is 362 g/mol. The lowest BCUT2D eigenvalue weighted by atomic mass is 10.1. The molecule has 1 unspecified atom stereocenters. The van der Waals surface area contributed by atoms with Crippen molar-refractivity contribution in [3.63, 3.8) is 0 Å². The number of fused-ring (bicyclic) bond motifs is 1. The number of guanidine groups is 2. The van der Waals surface area contributed by atoms with Crippen LogP contribution in [0.3, 0.4) is 0 Å². The number of nitrogens with one attached hydrogen (secondary N) is 1. The second-order valence-corrected chi connectivity index (χ2v) is 7.40. The predicted octanol–water partition coefficient (Wildman–Crippen LogP) is 3.56. The minimum Gasteiger partial charge on any atom is -0.489 e. The van der Waals surface area contributed by atoms with E-state index in [0.717, 1.165) is 27.6 Å². The quantitative estimate of drug-likeness (QED) is 0.718. The number of hydrogen-bond donors (Lipinski definition) is 2. The molecule has 1 aliphatic heterocycles. The third-order valence-electron chi connectivity index (χ3n) is 4.83. The van der Waals surface area contributed by atoms with Crippen molar-refractivity contribution in [3.05, 3.63) is 77.4 Å². The zero-order valence-corrected chi connectivity index (χ0v) is 16.9. The largest absolute Gasteiger partial charge is 0.489 e. The lowest BCUT2D eigenvalue weighted by molar-refractivity contribution is 0.306. The Morgan fingerprint density at radius 1 is 0.966 bits per heavy atom. The highest BCUT2D eigenvalue weighted by molar-refractivity contribution is 5.99. The fourth-order valence-electron chi connectivity index (χ4n) is 3.18. The molecule has 3 aromatic rings. The first-order chi connectivity index (χ1) is 14.0. The van der Waals surface area contributed by atoms with Crippen LogP contribution < -0.4 is 15.8 Å². The maximum absolute atomic E-state index is 5.97. The van der Waals surface area contributed by atoms with Crippen LogP contribution in [0, 0.1) is 6.92 Å². The lowest BCUT2D eigenvalue weighted by Crippen LogP contribution is -2.46. The SMILES string of the molecule is Cc1ccc(COc2ccc3cc(C4N=C(N)NC(N(C)C)=N4)ccc3c2)cc1. The van der Waals surface area contributed by atoms with Gasteiger partial charge in [0.05, 0.1) is 0 Å². The maximum Gasteiger partial charge on any atom is 0.202 e. The molecule has 0 bridgehead atoms. The standard InChI is InChI=1S/C23H25N5O/c1-15-4-6-16(7-5-15)14-29-20-11-10-17-12-19(9-8-18(17)13-20)21-25-22(24)27-23(26-21)28(2)3/h4-13,21H,14H2,1-3H3,(H3,24,25,26,27). The molecule has 1 atom stereocenters. The van der Waals surface area contributed by atoms with Crippen LogP contribution in [0.5, 0.6) is 5.75 Å². The van der Waals surface area contributed by atoms with Gasteiger partial charge in [-0.3, -0.25) is 5.32 Å². The first-order valence-corrected chi connectivity index (χ1v) is 9.55. The summed E-state index contributed by atoms with van der Waals surface area (Å²) in [5, 5.41) is 5.20. The molecule has 6 heteroatoms. The summed E-state index contributed by atoms with van der Waals surface area (Å²) >= 11 is 0. The van der Waals surface area contributed by atoms with Crippen LogP contribution in [0.4, 0.5) is 0 Å². The van der Waals surface area contributed by atoms with Crippen molar-refractivity contribution in [2.75, 3.05) is 14.1 Å². The van der Waals surface area contributed by atoms with E-state index < -0.39 is 0 Å². The molecule has 1 heterocycles. The van der Waals surface area contributed by atoms with Gasteiger partial charge in [0.2, 0.25) is 5.96 Å². The van der Waals surface area contributed by atoms with Crippen LogP contribution in [0.15, 0.2) is 70.6 Å². The van der Waals surface area contributed by atoms with Crippen LogP contribution in [0.25, 0.3) is 10.8 Å². The molecule has 148 valence electrons. The number of nitrogens with zero attached hydrogens (tertiary/aromatic N) is 3. The average molecular weight is 387 g/mol. The Balaban J connectivity index is 1.54. The Bertz CT molecular complexity index is 1090. The van der Waals surface area contributed by atoms with Gasteiger partial charge in [0.25, 0.3) is 0 Å². The van der Waals surface area contributed by atoms with E-state index in [1.54, 1.807) is 0 Å². The summed E-state index contributed by atoms with van der Waals surface area (Å²) < 4.78 is 5.97. The molecule has 0 aromatic heterocycles. The van der Waals surface area contributed by atoms with E-state index in [1.807, 2.05) is 31.1 Å². The number of aliphatic imine (C=N–C) groups is 2. The van der Waals surface area contributed by atoms with Crippen molar-refractivity contribution in [1.29, 1.82) is 0 Å². The number of aryl methyl sites for hydroxylation is 1. The Morgan fingerprint density at radius 3 is 2.45 bits per heavy atom. The minimum atomic E-state index is -0.351. The molecule has 0 aliphatic carbocycles. The summed E-state index contributed by atoms with van der Waals surface area (Å²) in [5.74, 6) is 1.92. The topological polar surface area (TPSA) is 75.2 Å². The predicted molar refractivity (Wildman–Crippen MR) is 118 cm³/mol. The molecule has 0 saturated heterocycles. The van der Waals surface area contributed by atoms with Crippen molar-refractivity contribution < 1.29 is 4.74 Å². The minimum absolute atomic E-state index is 0.351. The summed E-state index contributed by atoms with van der Waals surface area (Å²) in [6.07, 6.45) is -0.351. The van der Waals surface area contributed by atoms with Crippen LogP contribution in [0.1, 0.15) is 22.9 Å². The van der Waals surface area contributed by atoms with Crippen LogP contribution in [-0.4, -0.2) is 30.9 Å².